The number of sulfonamides is 1. The predicted octanol–water partition coefficient (Wildman–Crippen LogP) is 2.61. The van der Waals surface area contributed by atoms with Crippen LogP contribution >= 0.6 is 24.0 Å². The van der Waals surface area contributed by atoms with Crippen molar-refractivity contribution in [1.82, 2.24) is 10.6 Å². The minimum atomic E-state index is -3.38. The van der Waals surface area contributed by atoms with Crippen molar-refractivity contribution in [2.75, 3.05) is 43.3 Å². The van der Waals surface area contributed by atoms with Gasteiger partial charge in [-0.15, -0.1) is 24.0 Å². The number of hydrogen-bond donors (Lipinski definition) is 2. The lowest BCUT2D eigenvalue weighted by Crippen LogP contribution is -2.42. The maximum atomic E-state index is 12.8. The highest BCUT2D eigenvalue weighted by Gasteiger charge is 2.28. The van der Waals surface area contributed by atoms with Crippen molar-refractivity contribution in [1.29, 1.82) is 0 Å². The predicted molar refractivity (Wildman–Crippen MR) is 131 cm³/mol. The van der Waals surface area contributed by atoms with Gasteiger partial charge in [0.2, 0.25) is 10.0 Å². The van der Waals surface area contributed by atoms with Crippen LogP contribution in [0.1, 0.15) is 33.3 Å². The summed E-state index contributed by atoms with van der Waals surface area (Å²) < 4.78 is 32.6. The summed E-state index contributed by atoms with van der Waals surface area (Å²) in [6, 6.07) is 7.68. The van der Waals surface area contributed by atoms with Crippen molar-refractivity contribution in [2.24, 2.45) is 10.4 Å². The molecular weight excluding hydrogens is 503 g/mol. The number of nitrogens with zero attached hydrogens (tertiary/aromatic N) is 2. The molecule has 9 heteroatoms. The summed E-state index contributed by atoms with van der Waals surface area (Å²) in [4.78, 5) is 4.57. The van der Waals surface area contributed by atoms with Gasteiger partial charge in [0.1, 0.15) is 0 Å². The van der Waals surface area contributed by atoms with E-state index in [0.717, 1.165) is 17.7 Å². The van der Waals surface area contributed by atoms with Crippen molar-refractivity contribution in [3.8, 4) is 0 Å². The van der Waals surface area contributed by atoms with Gasteiger partial charge in [0.05, 0.1) is 24.1 Å². The third-order valence-electron chi connectivity index (χ3n) is 4.84. The van der Waals surface area contributed by atoms with Crippen molar-refractivity contribution >= 4 is 45.6 Å². The average molecular weight is 538 g/mol. The van der Waals surface area contributed by atoms with Crippen LogP contribution in [0.4, 0.5) is 5.69 Å². The Hall–Kier alpha value is -1.07. The molecule has 2 N–H and O–H groups in total. The number of guanidine groups is 1. The first kappa shape index (κ1) is 26.0. The molecule has 1 aromatic carbocycles. The first-order chi connectivity index (χ1) is 13.2. The van der Waals surface area contributed by atoms with E-state index in [4.69, 9.17) is 4.74 Å². The third-order valence-corrected chi connectivity index (χ3v) is 6.61. The molecule has 0 saturated carbocycles. The molecule has 0 aromatic heterocycles. The van der Waals surface area contributed by atoms with Crippen LogP contribution in [0.2, 0.25) is 0 Å². The third kappa shape index (κ3) is 7.29. The normalized spacial score (nSPS) is 15.5. The van der Waals surface area contributed by atoms with Gasteiger partial charge in [0.25, 0.3) is 0 Å². The highest BCUT2D eigenvalue weighted by molar-refractivity contribution is 14.0. The summed E-state index contributed by atoms with van der Waals surface area (Å²) in [7, 11) is -1.69. The van der Waals surface area contributed by atoms with Gasteiger partial charge in [-0.2, -0.15) is 0 Å². The number of nitrogens with one attached hydrogen (secondary N) is 2. The molecule has 0 aliphatic carbocycles. The van der Waals surface area contributed by atoms with Gasteiger partial charge in [-0.05, 0) is 30.4 Å². The fraction of sp³-hybridized carbons (Fsp3) is 0.650. The second-order valence-electron chi connectivity index (χ2n) is 8.00. The zero-order chi connectivity index (χ0) is 20.8. The van der Waals surface area contributed by atoms with E-state index in [0.29, 0.717) is 32.1 Å². The molecule has 0 saturated heterocycles. The largest absolute Gasteiger partial charge is 0.379 e. The highest BCUT2D eigenvalue weighted by Crippen LogP contribution is 2.29. The van der Waals surface area contributed by atoms with Crippen LogP contribution in [0.15, 0.2) is 29.3 Å². The van der Waals surface area contributed by atoms with E-state index in [1.54, 1.807) is 7.11 Å². The van der Waals surface area contributed by atoms with Crippen LogP contribution in [-0.2, 0) is 21.2 Å². The molecule has 29 heavy (non-hydrogen) atoms. The summed E-state index contributed by atoms with van der Waals surface area (Å²) in [5.41, 5.74) is 1.86. The Bertz CT molecular complexity index is 778. The van der Waals surface area contributed by atoms with Crippen LogP contribution in [0.5, 0.6) is 0 Å². The van der Waals surface area contributed by atoms with Crippen LogP contribution in [0.25, 0.3) is 0 Å². The number of methoxy groups -OCH3 is 1. The standard InChI is InChI=1S/C20H34N4O3S.HI/c1-6-21-19(23-15-18(27-5)20(2,3)4)22-12-14-28(25,26)24-13-11-16-9-7-8-10-17(16)24;/h7-10,18H,6,11-15H2,1-5H3,(H2,21,22,23);1H. The van der Waals surface area contributed by atoms with E-state index in [-0.39, 0.29) is 41.2 Å². The number of hydrogen-bond acceptors (Lipinski definition) is 4. The Morgan fingerprint density at radius 1 is 1.28 bits per heavy atom. The van der Waals surface area contributed by atoms with Gasteiger partial charge >= 0.3 is 0 Å². The molecule has 1 aliphatic rings. The average Bonchev–Trinajstić information content (AvgIpc) is 3.06. The van der Waals surface area contributed by atoms with E-state index in [1.807, 2.05) is 31.2 Å². The molecule has 1 aliphatic heterocycles. The van der Waals surface area contributed by atoms with E-state index in [1.165, 1.54) is 4.31 Å². The zero-order valence-electron chi connectivity index (χ0n) is 18.1. The zero-order valence-corrected chi connectivity index (χ0v) is 21.2. The maximum absolute atomic E-state index is 12.8. The van der Waals surface area contributed by atoms with Gasteiger partial charge in [-0.25, -0.2) is 8.42 Å². The Labute approximate surface area is 192 Å². The summed E-state index contributed by atoms with van der Waals surface area (Å²) in [5.74, 6) is 0.615. The quantitative estimate of drug-likeness (QED) is 0.302. The van der Waals surface area contributed by atoms with Crippen molar-refractivity contribution in [3.05, 3.63) is 29.8 Å². The molecule has 0 amide bonds. The van der Waals surface area contributed by atoms with Crippen LogP contribution in [0.3, 0.4) is 0 Å². The van der Waals surface area contributed by atoms with E-state index in [2.05, 4.69) is 36.4 Å². The smallest absolute Gasteiger partial charge is 0.236 e. The number of rotatable bonds is 8. The SMILES string of the molecule is CCNC(=NCC(OC)C(C)(C)C)NCCS(=O)(=O)N1CCc2ccccc21.I. The lowest BCUT2D eigenvalue weighted by Gasteiger charge is -2.28. The van der Waals surface area contributed by atoms with E-state index < -0.39 is 10.0 Å². The maximum Gasteiger partial charge on any atom is 0.236 e. The number of halogens is 1. The fourth-order valence-corrected chi connectivity index (χ4v) is 4.65. The second kappa shape index (κ2) is 11.4. The summed E-state index contributed by atoms with van der Waals surface area (Å²) in [5, 5.41) is 6.29. The van der Waals surface area contributed by atoms with Gasteiger partial charge in [-0.3, -0.25) is 9.30 Å². The first-order valence-electron chi connectivity index (χ1n) is 9.82. The monoisotopic (exact) mass is 538 g/mol. The molecule has 7 nitrogen and oxygen atoms in total. The summed E-state index contributed by atoms with van der Waals surface area (Å²) in [6.45, 7) is 10.3. The minimum absolute atomic E-state index is 0. The molecule has 0 bridgehead atoms. The molecule has 0 radical (unpaired) electrons. The Balaban J connectivity index is 0.00000420. The number of aliphatic imine (C=N–C) groups is 1. The number of benzene rings is 1. The van der Waals surface area contributed by atoms with Crippen molar-refractivity contribution < 1.29 is 13.2 Å². The van der Waals surface area contributed by atoms with E-state index in [9.17, 15) is 8.42 Å². The highest BCUT2D eigenvalue weighted by atomic mass is 127. The first-order valence-corrected chi connectivity index (χ1v) is 11.4. The minimum Gasteiger partial charge on any atom is -0.379 e. The molecule has 1 heterocycles. The van der Waals surface area contributed by atoms with Crippen molar-refractivity contribution in [2.45, 2.75) is 40.2 Å². The van der Waals surface area contributed by atoms with Gasteiger partial charge < -0.3 is 15.4 Å². The molecular formula is C20H35IN4O3S. The lowest BCUT2D eigenvalue weighted by molar-refractivity contribution is 0.0241. The van der Waals surface area contributed by atoms with Gasteiger partial charge in [-0.1, -0.05) is 39.0 Å². The number of anilines is 1. The van der Waals surface area contributed by atoms with Gasteiger partial charge in [0.15, 0.2) is 5.96 Å². The molecule has 1 atom stereocenters. The number of fused-ring (bicyclic) bond motifs is 1. The fourth-order valence-electron chi connectivity index (χ4n) is 3.22. The van der Waals surface area contributed by atoms with Gasteiger partial charge in [0, 0.05) is 26.7 Å². The van der Waals surface area contributed by atoms with Crippen LogP contribution in [0, 0.1) is 5.41 Å². The molecule has 0 fully saturated rings. The van der Waals surface area contributed by atoms with Crippen molar-refractivity contribution in [3.63, 3.8) is 0 Å². The Morgan fingerprint density at radius 2 is 1.97 bits per heavy atom. The molecule has 2 rings (SSSR count). The van der Waals surface area contributed by atoms with Crippen LogP contribution in [-0.4, -0.2) is 59.5 Å². The summed E-state index contributed by atoms with van der Waals surface area (Å²) >= 11 is 0. The lowest BCUT2D eigenvalue weighted by atomic mass is 9.89. The Kier molecular flexibility index (Phi) is 10.2. The van der Waals surface area contributed by atoms with Crippen LogP contribution < -0.4 is 14.9 Å². The topological polar surface area (TPSA) is 83.0 Å². The summed E-state index contributed by atoms with van der Waals surface area (Å²) in [6.07, 6.45) is 0.741. The molecule has 166 valence electrons. The Morgan fingerprint density at radius 3 is 2.59 bits per heavy atom. The molecule has 0 spiro atoms. The molecule has 1 unspecified atom stereocenters. The van der Waals surface area contributed by atoms with E-state index >= 15 is 0 Å². The second-order valence-corrected chi connectivity index (χ2v) is 10.0. The molecule has 1 aromatic rings. The number of ether oxygens (including phenoxy) is 1. The number of para-hydroxylation sites is 1.